The lowest BCUT2D eigenvalue weighted by molar-refractivity contribution is -0.153. The predicted molar refractivity (Wildman–Crippen MR) is 52.1 cm³/mol. The number of hydrogen-bond acceptors (Lipinski definition) is 2. The summed E-state index contributed by atoms with van der Waals surface area (Å²) in [6, 6.07) is 0. The lowest BCUT2D eigenvalue weighted by Crippen LogP contribution is -2.43. The van der Waals surface area contributed by atoms with Gasteiger partial charge in [-0.25, -0.2) is 0 Å². The minimum absolute atomic E-state index is 0.0286. The van der Waals surface area contributed by atoms with Crippen molar-refractivity contribution in [1.82, 2.24) is 4.90 Å². The van der Waals surface area contributed by atoms with Crippen LogP contribution in [0.1, 0.15) is 26.2 Å². The van der Waals surface area contributed by atoms with Gasteiger partial charge in [0.05, 0.1) is 11.8 Å². The van der Waals surface area contributed by atoms with Crippen molar-refractivity contribution in [3.8, 4) is 0 Å². The van der Waals surface area contributed by atoms with Gasteiger partial charge in [-0.15, -0.1) is 0 Å². The van der Waals surface area contributed by atoms with Crippen molar-refractivity contribution < 1.29 is 23.1 Å². The summed E-state index contributed by atoms with van der Waals surface area (Å²) in [5, 5.41) is 8.94. The van der Waals surface area contributed by atoms with Crippen LogP contribution in [-0.4, -0.2) is 41.8 Å². The first kappa shape index (κ1) is 13.3. The zero-order valence-electron chi connectivity index (χ0n) is 9.18. The predicted octanol–water partition coefficient (Wildman–Crippen LogP) is 2.13. The number of carbonyl (C=O) groups is 1. The Balaban J connectivity index is 2.35. The van der Waals surface area contributed by atoms with Crippen molar-refractivity contribution >= 4 is 5.97 Å². The van der Waals surface area contributed by atoms with Crippen LogP contribution in [0.25, 0.3) is 0 Å². The Morgan fingerprint density at radius 1 is 1.38 bits per heavy atom. The topological polar surface area (TPSA) is 40.5 Å². The number of likely N-dealkylation sites (tertiary alicyclic amines) is 1. The number of halogens is 3. The highest BCUT2D eigenvalue weighted by Gasteiger charge is 2.37. The van der Waals surface area contributed by atoms with Crippen LogP contribution in [0, 0.1) is 5.41 Å². The average Bonchev–Trinajstić information content (AvgIpc) is 2.15. The molecule has 3 nitrogen and oxygen atoms in total. The molecule has 1 fully saturated rings. The van der Waals surface area contributed by atoms with E-state index < -0.39 is 24.0 Å². The third kappa shape index (κ3) is 3.66. The fourth-order valence-electron chi connectivity index (χ4n) is 1.77. The van der Waals surface area contributed by atoms with Crippen LogP contribution in [0.15, 0.2) is 0 Å². The molecular formula is C10H16F3NO2. The highest BCUT2D eigenvalue weighted by Crippen LogP contribution is 2.31. The van der Waals surface area contributed by atoms with E-state index in [1.54, 1.807) is 11.8 Å². The second-order valence-corrected chi connectivity index (χ2v) is 4.57. The lowest BCUT2D eigenvalue weighted by Gasteiger charge is -2.36. The van der Waals surface area contributed by atoms with E-state index in [1.165, 1.54) is 0 Å². The first-order valence-electron chi connectivity index (χ1n) is 5.25. The van der Waals surface area contributed by atoms with Crippen LogP contribution in [0.5, 0.6) is 0 Å². The van der Waals surface area contributed by atoms with Crippen molar-refractivity contribution in [1.29, 1.82) is 0 Å². The molecule has 6 heteroatoms. The molecule has 1 rings (SSSR count). The van der Waals surface area contributed by atoms with Crippen LogP contribution in [0.4, 0.5) is 13.2 Å². The molecule has 0 spiro atoms. The third-order valence-electron chi connectivity index (χ3n) is 3.19. The second-order valence-electron chi connectivity index (χ2n) is 4.57. The van der Waals surface area contributed by atoms with Crippen molar-refractivity contribution in [3.05, 3.63) is 0 Å². The molecule has 1 saturated heterocycles. The minimum atomic E-state index is -4.13. The fourth-order valence-corrected chi connectivity index (χ4v) is 1.77. The van der Waals surface area contributed by atoms with Gasteiger partial charge in [0.25, 0.3) is 0 Å². The van der Waals surface area contributed by atoms with E-state index in [2.05, 4.69) is 0 Å². The van der Waals surface area contributed by atoms with Crippen LogP contribution in [0.2, 0.25) is 0 Å². The third-order valence-corrected chi connectivity index (χ3v) is 3.19. The number of rotatable bonds is 3. The van der Waals surface area contributed by atoms with E-state index in [0.717, 1.165) is 0 Å². The number of alkyl halides is 3. The van der Waals surface area contributed by atoms with Gasteiger partial charge in [0.1, 0.15) is 0 Å². The maximum Gasteiger partial charge on any atom is 0.390 e. The highest BCUT2D eigenvalue weighted by atomic mass is 19.4. The van der Waals surface area contributed by atoms with Crippen molar-refractivity contribution in [2.24, 2.45) is 5.41 Å². The molecule has 0 aliphatic carbocycles. The SMILES string of the molecule is CC1(C(=O)O)CCN(CCC(F)(F)F)CC1. The molecule has 0 aromatic carbocycles. The highest BCUT2D eigenvalue weighted by molar-refractivity contribution is 5.74. The summed E-state index contributed by atoms with van der Waals surface area (Å²) in [5.41, 5.74) is -0.769. The zero-order chi connectivity index (χ0) is 12.4. The number of hydrogen-bond donors (Lipinski definition) is 1. The van der Waals surface area contributed by atoms with E-state index in [0.29, 0.717) is 25.9 Å². The Kier molecular flexibility index (Phi) is 3.83. The number of aliphatic carboxylic acids is 1. The standard InChI is InChI=1S/C10H16F3NO2/c1-9(8(15)16)2-5-14(6-3-9)7-4-10(11,12)13/h2-7H2,1H3,(H,15,16). The van der Waals surface area contributed by atoms with Crippen LogP contribution < -0.4 is 0 Å². The summed E-state index contributed by atoms with van der Waals surface area (Å²) in [4.78, 5) is 12.6. The largest absolute Gasteiger partial charge is 0.481 e. The molecule has 0 aromatic rings. The van der Waals surface area contributed by atoms with Crippen molar-refractivity contribution in [3.63, 3.8) is 0 Å². The van der Waals surface area contributed by atoms with Crippen LogP contribution >= 0.6 is 0 Å². The Bertz CT molecular complexity index is 257. The quantitative estimate of drug-likeness (QED) is 0.820. The van der Waals surface area contributed by atoms with E-state index >= 15 is 0 Å². The molecule has 1 N–H and O–H groups in total. The van der Waals surface area contributed by atoms with Gasteiger partial charge in [-0.05, 0) is 32.9 Å². The monoisotopic (exact) mass is 239 g/mol. The maximum absolute atomic E-state index is 12.0. The average molecular weight is 239 g/mol. The van der Waals surface area contributed by atoms with Crippen LogP contribution in [0.3, 0.4) is 0 Å². The normalized spacial score (nSPS) is 22.0. The number of nitrogens with zero attached hydrogens (tertiary/aromatic N) is 1. The smallest absolute Gasteiger partial charge is 0.390 e. The Morgan fingerprint density at radius 2 is 1.88 bits per heavy atom. The molecule has 1 heterocycles. The maximum atomic E-state index is 12.0. The first-order chi connectivity index (χ1) is 7.23. The molecule has 0 unspecified atom stereocenters. The lowest BCUT2D eigenvalue weighted by atomic mass is 9.80. The number of carboxylic acid groups (broad SMARTS) is 1. The molecule has 0 atom stereocenters. The first-order valence-corrected chi connectivity index (χ1v) is 5.25. The molecule has 0 saturated carbocycles. The van der Waals surface area contributed by atoms with Gasteiger partial charge < -0.3 is 10.0 Å². The molecule has 16 heavy (non-hydrogen) atoms. The van der Waals surface area contributed by atoms with E-state index in [-0.39, 0.29) is 6.54 Å². The summed E-state index contributed by atoms with van der Waals surface area (Å²) in [5.74, 6) is -0.858. The molecule has 1 aliphatic rings. The summed E-state index contributed by atoms with van der Waals surface area (Å²) < 4.78 is 35.9. The minimum Gasteiger partial charge on any atom is -0.481 e. The van der Waals surface area contributed by atoms with Gasteiger partial charge in [-0.2, -0.15) is 13.2 Å². The molecule has 0 radical (unpaired) electrons. The Hall–Kier alpha value is -0.780. The van der Waals surface area contributed by atoms with Gasteiger partial charge in [0.2, 0.25) is 0 Å². The summed E-state index contributed by atoms with van der Waals surface area (Å²) in [7, 11) is 0. The number of piperidine rings is 1. The molecular weight excluding hydrogens is 223 g/mol. The number of carboxylic acids is 1. The summed E-state index contributed by atoms with van der Waals surface area (Å²) in [6.45, 7) is 2.48. The van der Waals surface area contributed by atoms with Crippen molar-refractivity contribution in [2.75, 3.05) is 19.6 Å². The summed E-state index contributed by atoms with van der Waals surface area (Å²) >= 11 is 0. The molecule has 1 aliphatic heterocycles. The van der Waals surface area contributed by atoms with Crippen LogP contribution in [-0.2, 0) is 4.79 Å². The Labute approximate surface area is 92.2 Å². The second kappa shape index (κ2) is 4.61. The Morgan fingerprint density at radius 3 is 2.25 bits per heavy atom. The van der Waals surface area contributed by atoms with Gasteiger partial charge in [-0.3, -0.25) is 4.79 Å². The molecule has 0 aromatic heterocycles. The zero-order valence-corrected chi connectivity index (χ0v) is 9.18. The van der Waals surface area contributed by atoms with Gasteiger partial charge in [0.15, 0.2) is 0 Å². The van der Waals surface area contributed by atoms with Gasteiger partial charge in [-0.1, -0.05) is 0 Å². The van der Waals surface area contributed by atoms with Crippen molar-refractivity contribution in [2.45, 2.75) is 32.4 Å². The summed E-state index contributed by atoms with van der Waals surface area (Å²) in [6.07, 6.45) is -4.12. The van der Waals surface area contributed by atoms with Gasteiger partial charge in [0, 0.05) is 6.54 Å². The van der Waals surface area contributed by atoms with E-state index in [4.69, 9.17) is 5.11 Å². The fraction of sp³-hybridized carbons (Fsp3) is 0.900. The van der Waals surface area contributed by atoms with Gasteiger partial charge >= 0.3 is 12.1 Å². The van der Waals surface area contributed by atoms with E-state index in [9.17, 15) is 18.0 Å². The molecule has 94 valence electrons. The molecule has 0 amide bonds. The van der Waals surface area contributed by atoms with E-state index in [1.807, 2.05) is 0 Å². The molecule has 0 bridgehead atoms.